The summed E-state index contributed by atoms with van der Waals surface area (Å²) in [6.07, 6.45) is 11.6. The van der Waals surface area contributed by atoms with E-state index in [2.05, 4.69) is 20.5 Å². The number of hydrogen-bond acceptors (Lipinski definition) is 0. The van der Waals surface area contributed by atoms with Gasteiger partial charge in [-0.1, -0.05) is 39.5 Å². The smallest absolute Gasteiger partial charge is 0.0328 e. The van der Waals surface area contributed by atoms with Gasteiger partial charge in [0.15, 0.2) is 0 Å². The molecule has 1 atom stereocenters. The van der Waals surface area contributed by atoms with E-state index in [0.717, 1.165) is 0 Å². The third kappa shape index (κ3) is 8.53. The summed E-state index contributed by atoms with van der Waals surface area (Å²) < 4.78 is 0. The zero-order valence-electron chi connectivity index (χ0n) is 9.10. The first-order valence-electron chi connectivity index (χ1n) is 5.49. The van der Waals surface area contributed by atoms with E-state index in [1.165, 1.54) is 50.8 Å². The van der Waals surface area contributed by atoms with Crippen molar-refractivity contribution in [1.29, 1.82) is 0 Å². The zero-order chi connectivity index (χ0) is 9.23. The van der Waals surface area contributed by atoms with Gasteiger partial charge in [-0.05, 0) is 31.8 Å². The second kappa shape index (κ2) is 9.52. The summed E-state index contributed by atoms with van der Waals surface area (Å²) in [7, 11) is 0.397. The SMILES string of the molecule is CCCCCCP(C)CCCC. The van der Waals surface area contributed by atoms with E-state index < -0.39 is 0 Å². The van der Waals surface area contributed by atoms with Gasteiger partial charge in [-0.15, -0.1) is 7.92 Å². The van der Waals surface area contributed by atoms with Gasteiger partial charge in [0, 0.05) is 0 Å². The van der Waals surface area contributed by atoms with Crippen molar-refractivity contribution < 1.29 is 0 Å². The molecule has 0 saturated heterocycles. The molecule has 0 radical (unpaired) electrons. The van der Waals surface area contributed by atoms with E-state index in [4.69, 9.17) is 0 Å². The van der Waals surface area contributed by atoms with Gasteiger partial charge in [0.25, 0.3) is 0 Å². The van der Waals surface area contributed by atoms with Crippen LogP contribution < -0.4 is 0 Å². The summed E-state index contributed by atoms with van der Waals surface area (Å²) in [5.74, 6) is 0. The van der Waals surface area contributed by atoms with Crippen molar-refractivity contribution in [3.63, 3.8) is 0 Å². The summed E-state index contributed by atoms with van der Waals surface area (Å²) in [6, 6.07) is 0. The lowest BCUT2D eigenvalue weighted by Gasteiger charge is -2.10. The average molecular weight is 188 g/mol. The van der Waals surface area contributed by atoms with Crippen molar-refractivity contribution >= 4 is 7.92 Å². The highest BCUT2D eigenvalue weighted by molar-refractivity contribution is 7.56. The van der Waals surface area contributed by atoms with E-state index in [9.17, 15) is 0 Å². The van der Waals surface area contributed by atoms with Gasteiger partial charge in [-0.25, -0.2) is 0 Å². The van der Waals surface area contributed by atoms with Gasteiger partial charge in [-0.3, -0.25) is 0 Å². The first-order valence-corrected chi connectivity index (χ1v) is 7.65. The van der Waals surface area contributed by atoms with Crippen LogP contribution in [0.3, 0.4) is 0 Å². The van der Waals surface area contributed by atoms with Crippen LogP contribution in [0, 0.1) is 0 Å². The van der Waals surface area contributed by atoms with Crippen LogP contribution >= 0.6 is 7.92 Å². The maximum atomic E-state index is 2.47. The minimum atomic E-state index is 0.397. The first-order chi connectivity index (χ1) is 5.81. The quantitative estimate of drug-likeness (QED) is 0.389. The molecule has 0 nitrogen and oxygen atoms in total. The summed E-state index contributed by atoms with van der Waals surface area (Å²) in [5, 5.41) is 0. The predicted octanol–water partition coefficient (Wildman–Crippen LogP) is 4.48. The van der Waals surface area contributed by atoms with Crippen LogP contribution in [-0.2, 0) is 0 Å². The maximum Gasteiger partial charge on any atom is -0.0328 e. The molecule has 0 amide bonds. The highest BCUT2D eigenvalue weighted by Gasteiger charge is 1.99. The molecule has 0 aliphatic rings. The fraction of sp³-hybridized carbons (Fsp3) is 1.00. The molecule has 1 unspecified atom stereocenters. The normalized spacial score (nSPS) is 13.2. The summed E-state index contributed by atoms with van der Waals surface area (Å²) in [6.45, 7) is 7.04. The highest BCUT2D eigenvalue weighted by atomic mass is 31.1. The Labute approximate surface area is 79.9 Å². The molecule has 0 bridgehead atoms. The molecule has 12 heavy (non-hydrogen) atoms. The third-order valence-corrected chi connectivity index (χ3v) is 4.45. The predicted molar refractivity (Wildman–Crippen MR) is 61.6 cm³/mol. The van der Waals surface area contributed by atoms with Crippen LogP contribution in [0.1, 0.15) is 52.4 Å². The lowest BCUT2D eigenvalue weighted by atomic mass is 10.2. The Balaban J connectivity index is 3.02. The monoisotopic (exact) mass is 188 g/mol. The van der Waals surface area contributed by atoms with Gasteiger partial charge >= 0.3 is 0 Å². The van der Waals surface area contributed by atoms with Gasteiger partial charge < -0.3 is 0 Å². The van der Waals surface area contributed by atoms with E-state index in [1.54, 1.807) is 0 Å². The topological polar surface area (TPSA) is 0 Å². The zero-order valence-corrected chi connectivity index (χ0v) is 10.00. The van der Waals surface area contributed by atoms with Crippen molar-refractivity contribution in [2.24, 2.45) is 0 Å². The minimum Gasteiger partial charge on any atom is -0.110 e. The van der Waals surface area contributed by atoms with E-state index in [1.807, 2.05) is 0 Å². The molecule has 0 fully saturated rings. The van der Waals surface area contributed by atoms with E-state index >= 15 is 0 Å². The molecule has 0 aromatic rings. The fourth-order valence-electron chi connectivity index (χ4n) is 1.35. The van der Waals surface area contributed by atoms with Gasteiger partial charge in [0.2, 0.25) is 0 Å². The minimum absolute atomic E-state index is 0.397. The number of unbranched alkanes of at least 4 members (excludes halogenated alkanes) is 4. The lowest BCUT2D eigenvalue weighted by molar-refractivity contribution is 0.704. The molecule has 0 heterocycles. The van der Waals surface area contributed by atoms with Crippen LogP contribution in [0.25, 0.3) is 0 Å². The van der Waals surface area contributed by atoms with Crippen molar-refractivity contribution in [3.8, 4) is 0 Å². The van der Waals surface area contributed by atoms with E-state index in [-0.39, 0.29) is 0 Å². The van der Waals surface area contributed by atoms with Crippen LogP contribution in [0.5, 0.6) is 0 Å². The van der Waals surface area contributed by atoms with Crippen LogP contribution in [0.2, 0.25) is 0 Å². The molecule has 0 rings (SSSR count). The second-order valence-corrected chi connectivity index (χ2v) is 6.32. The Morgan fingerprint density at radius 3 is 1.92 bits per heavy atom. The molecule has 0 spiro atoms. The van der Waals surface area contributed by atoms with E-state index in [0.29, 0.717) is 7.92 Å². The molecule has 0 aliphatic carbocycles. The van der Waals surface area contributed by atoms with Crippen LogP contribution in [0.4, 0.5) is 0 Å². The Kier molecular flexibility index (Phi) is 9.86. The molecular weight excluding hydrogens is 163 g/mol. The molecule has 74 valence electrons. The van der Waals surface area contributed by atoms with Crippen molar-refractivity contribution in [1.82, 2.24) is 0 Å². The third-order valence-electron chi connectivity index (χ3n) is 2.29. The van der Waals surface area contributed by atoms with Crippen molar-refractivity contribution in [3.05, 3.63) is 0 Å². The number of hydrogen-bond donors (Lipinski definition) is 0. The van der Waals surface area contributed by atoms with Gasteiger partial charge in [0.1, 0.15) is 0 Å². The summed E-state index contributed by atoms with van der Waals surface area (Å²) in [5.41, 5.74) is 0. The van der Waals surface area contributed by atoms with Gasteiger partial charge in [0.05, 0.1) is 0 Å². The fourth-order valence-corrected chi connectivity index (χ4v) is 3.19. The molecule has 0 aliphatic heterocycles. The molecule has 1 heteroatoms. The average Bonchev–Trinajstić information content (AvgIpc) is 2.09. The molecule has 0 N–H and O–H groups in total. The standard InChI is InChI=1S/C11H25P/c1-4-6-8-9-11-12(3)10-7-5-2/h4-11H2,1-3H3. The number of rotatable bonds is 8. The molecular formula is C11H25P. The molecule has 0 aromatic carbocycles. The Bertz CT molecular complexity index is 81.1. The van der Waals surface area contributed by atoms with Crippen molar-refractivity contribution in [2.75, 3.05) is 19.0 Å². The summed E-state index contributed by atoms with van der Waals surface area (Å²) >= 11 is 0. The van der Waals surface area contributed by atoms with Crippen LogP contribution in [0.15, 0.2) is 0 Å². The Hall–Kier alpha value is 0.430. The molecule has 0 aromatic heterocycles. The lowest BCUT2D eigenvalue weighted by Crippen LogP contribution is -1.89. The van der Waals surface area contributed by atoms with Gasteiger partial charge in [-0.2, -0.15) is 0 Å². The largest absolute Gasteiger partial charge is 0.110 e. The highest BCUT2D eigenvalue weighted by Crippen LogP contribution is 2.32. The van der Waals surface area contributed by atoms with Crippen molar-refractivity contribution in [2.45, 2.75) is 52.4 Å². The Morgan fingerprint density at radius 2 is 1.33 bits per heavy atom. The first kappa shape index (κ1) is 12.4. The molecule has 0 saturated carbocycles. The summed E-state index contributed by atoms with van der Waals surface area (Å²) in [4.78, 5) is 0. The van der Waals surface area contributed by atoms with Crippen LogP contribution in [-0.4, -0.2) is 19.0 Å². The maximum absolute atomic E-state index is 2.47. The Morgan fingerprint density at radius 1 is 0.750 bits per heavy atom. The second-order valence-electron chi connectivity index (χ2n) is 3.72.